The Morgan fingerprint density at radius 1 is 1.38 bits per heavy atom. The van der Waals surface area contributed by atoms with E-state index in [1.165, 1.54) is 23.0 Å². The molecule has 0 fully saturated rings. The zero-order valence-electron chi connectivity index (χ0n) is 11.3. The molecule has 0 radical (unpaired) electrons. The minimum atomic E-state index is -3.71. The van der Waals surface area contributed by atoms with Gasteiger partial charge >= 0.3 is 0 Å². The van der Waals surface area contributed by atoms with Crippen LogP contribution in [-0.4, -0.2) is 29.3 Å². The lowest BCUT2D eigenvalue weighted by molar-refractivity contribution is -0.122. The molecule has 0 aliphatic heterocycles. The third-order valence-corrected chi connectivity index (χ3v) is 3.79. The molecule has 0 saturated carbocycles. The number of aromatic nitrogens is 3. The van der Waals surface area contributed by atoms with E-state index >= 15 is 0 Å². The highest BCUT2D eigenvalue weighted by atomic mass is 32.2. The zero-order valence-corrected chi connectivity index (χ0v) is 12.1. The van der Waals surface area contributed by atoms with Crippen LogP contribution in [0.15, 0.2) is 41.6 Å². The second-order valence-corrected chi connectivity index (χ2v) is 6.07. The lowest BCUT2D eigenvalue weighted by atomic mass is 10.1. The van der Waals surface area contributed by atoms with E-state index in [-0.39, 0.29) is 23.4 Å². The monoisotopic (exact) mass is 309 g/mol. The predicted molar refractivity (Wildman–Crippen MR) is 74.4 cm³/mol. The maximum absolute atomic E-state index is 11.8. The van der Waals surface area contributed by atoms with Gasteiger partial charge in [-0.25, -0.2) is 18.2 Å². The van der Waals surface area contributed by atoms with Gasteiger partial charge in [-0.3, -0.25) is 4.79 Å². The maximum atomic E-state index is 11.8. The topological polar surface area (TPSA) is 120 Å². The van der Waals surface area contributed by atoms with Crippen molar-refractivity contribution in [2.45, 2.75) is 24.4 Å². The maximum Gasteiger partial charge on any atom is 0.242 e. The standard InChI is InChI=1S/C12H15N5O3S/c1-9(15-12(18)8-17-7-6-14-16-17)10-2-4-11(5-3-10)21(13,19)20/h2-7,9H,8H2,1H3,(H,15,18)(H2,13,19,20). The molecule has 1 heterocycles. The number of rotatable bonds is 5. The van der Waals surface area contributed by atoms with E-state index in [0.717, 1.165) is 5.56 Å². The van der Waals surface area contributed by atoms with Crippen LogP contribution in [0.1, 0.15) is 18.5 Å². The quantitative estimate of drug-likeness (QED) is 0.792. The molecule has 8 nitrogen and oxygen atoms in total. The Morgan fingerprint density at radius 2 is 2.05 bits per heavy atom. The largest absolute Gasteiger partial charge is 0.348 e. The highest BCUT2D eigenvalue weighted by molar-refractivity contribution is 7.89. The average molecular weight is 309 g/mol. The first-order chi connectivity index (χ1) is 9.86. The van der Waals surface area contributed by atoms with Crippen molar-refractivity contribution < 1.29 is 13.2 Å². The van der Waals surface area contributed by atoms with Crippen molar-refractivity contribution in [3.8, 4) is 0 Å². The van der Waals surface area contributed by atoms with Crippen LogP contribution in [0.3, 0.4) is 0 Å². The third-order valence-electron chi connectivity index (χ3n) is 2.86. The van der Waals surface area contributed by atoms with Gasteiger partial charge in [-0.05, 0) is 24.6 Å². The van der Waals surface area contributed by atoms with E-state index in [4.69, 9.17) is 5.14 Å². The Balaban J connectivity index is 2.00. The number of amides is 1. The first-order valence-electron chi connectivity index (χ1n) is 6.12. The molecule has 0 aliphatic carbocycles. The van der Waals surface area contributed by atoms with Crippen molar-refractivity contribution in [1.82, 2.24) is 20.3 Å². The molecule has 1 amide bonds. The summed E-state index contributed by atoms with van der Waals surface area (Å²) in [7, 11) is -3.71. The smallest absolute Gasteiger partial charge is 0.242 e. The number of carbonyl (C=O) groups excluding carboxylic acids is 1. The van der Waals surface area contributed by atoms with E-state index in [1.54, 1.807) is 25.3 Å². The first kappa shape index (κ1) is 15.1. The van der Waals surface area contributed by atoms with Crippen LogP contribution in [-0.2, 0) is 21.4 Å². The van der Waals surface area contributed by atoms with Crippen molar-refractivity contribution in [2.24, 2.45) is 5.14 Å². The van der Waals surface area contributed by atoms with Gasteiger partial charge in [-0.15, -0.1) is 5.10 Å². The van der Waals surface area contributed by atoms with Crippen molar-refractivity contribution in [2.75, 3.05) is 0 Å². The molecule has 3 N–H and O–H groups in total. The fourth-order valence-electron chi connectivity index (χ4n) is 1.78. The van der Waals surface area contributed by atoms with Crippen molar-refractivity contribution in [3.05, 3.63) is 42.2 Å². The van der Waals surface area contributed by atoms with Gasteiger partial charge in [0.1, 0.15) is 6.54 Å². The third kappa shape index (κ3) is 4.10. The molecular weight excluding hydrogens is 294 g/mol. The highest BCUT2D eigenvalue weighted by Crippen LogP contribution is 2.15. The minimum absolute atomic E-state index is 0.0346. The molecule has 1 aromatic carbocycles. The van der Waals surface area contributed by atoms with Gasteiger partial charge in [0.25, 0.3) is 0 Å². The zero-order chi connectivity index (χ0) is 15.5. The molecular formula is C12H15N5O3S. The Labute approximate surface area is 122 Å². The molecule has 1 aromatic heterocycles. The summed E-state index contributed by atoms with van der Waals surface area (Å²) in [5, 5.41) is 15.1. The average Bonchev–Trinajstić information content (AvgIpc) is 2.90. The van der Waals surface area contributed by atoms with Crippen molar-refractivity contribution in [1.29, 1.82) is 0 Å². The molecule has 112 valence electrons. The normalized spacial score (nSPS) is 12.9. The van der Waals surface area contributed by atoms with Crippen LogP contribution in [0.25, 0.3) is 0 Å². The molecule has 9 heteroatoms. The Kier molecular flexibility index (Phi) is 4.34. The summed E-state index contributed by atoms with van der Waals surface area (Å²) in [6, 6.07) is 5.77. The SMILES string of the molecule is CC(NC(=O)Cn1ccnn1)c1ccc(S(N)(=O)=O)cc1. The van der Waals surface area contributed by atoms with Crippen molar-refractivity contribution >= 4 is 15.9 Å². The van der Waals surface area contributed by atoms with E-state index in [0.29, 0.717) is 0 Å². The summed E-state index contributed by atoms with van der Waals surface area (Å²) in [5.74, 6) is -0.219. The molecule has 2 rings (SSSR count). The van der Waals surface area contributed by atoms with Crippen LogP contribution >= 0.6 is 0 Å². The number of carbonyl (C=O) groups is 1. The number of primary sulfonamides is 1. The van der Waals surface area contributed by atoms with Crippen molar-refractivity contribution in [3.63, 3.8) is 0 Å². The van der Waals surface area contributed by atoms with Gasteiger partial charge in [0.05, 0.1) is 17.1 Å². The van der Waals surface area contributed by atoms with Gasteiger partial charge in [0.2, 0.25) is 15.9 Å². The Bertz CT molecular complexity index is 710. The van der Waals surface area contributed by atoms with E-state index in [2.05, 4.69) is 15.6 Å². The molecule has 0 spiro atoms. The second-order valence-electron chi connectivity index (χ2n) is 4.50. The Hall–Kier alpha value is -2.26. The van der Waals surface area contributed by atoms with Gasteiger partial charge < -0.3 is 5.32 Å². The minimum Gasteiger partial charge on any atom is -0.348 e. The Morgan fingerprint density at radius 3 is 2.57 bits per heavy atom. The predicted octanol–water partition coefficient (Wildman–Crippen LogP) is -0.197. The van der Waals surface area contributed by atoms with Gasteiger partial charge in [-0.1, -0.05) is 17.3 Å². The summed E-state index contributed by atoms with van der Waals surface area (Å²) in [5.41, 5.74) is 0.773. The first-order valence-corrected chi connectivity index (χ1v) is 7.67. The number of benzene rings is 1. The molecule has 21 heavy (non-hydrogen) atoms. The summed E-state index contributed by atoms with van der Waals surface area (Å²) in [6.07, 6.45) is 3.08. The molecule has 1 unspecified atom stereocenters. The number of nitrogens with zero attached hydrogens (tertiary/aromatic N) is 3. The number of sulfonamides is 1. The summed E-state index contributed by atoms with van der Waals surface area (Å²) < 4.78 is 23.7. The number of hydrogen-bond acceptors (Lipinski definition) is 5. The fourth-order valence-corrected chi connectivity index (χ4v) is 2.30. The van der Waals surface area contributed by atoms with Crippen LogP contribution < -0.4 is 10.5 Å². The highest BCUT2D eigenvalue weighted by Gasteiger charge is 2.12. The summed E-state index contributed by atoms with van der Waals surface area (Å²) >= 11 is 0. The summed E-state index contributed by atoms with van der Waals surface area (Å²) in [4.78, 5) is 11.8. The van der Waals surface area contributed by atoms with Crippen LogP contribution in [0.5, 0.6) is 0 Å². The number of nitrogens with two attached hydrogens (primary N) is 1. The van der Waals surface area contributed by atoms with Crippen LogP contribution in [0, 0.1) is 0 Å². The number of nitrogens with one attached hydrogen (secondary N) is 1. The lowest BCUT2D eigenvalue weighted by Crippen LogP contribution is -2.30. The molecule has 0 bridgehead atoms. The van der Waals surface area contributed by atoms with Gasteiger partial charge in [0.15, 0.2) is 0 Å². The molecule has 0 aliphatic rings. The molecule has 1 atom stereocenters. The van der Waals surface area contributed by atoms with Gasteiger partial charge in [-0.2, -0.15) is 0 Å². The van der Waals surface area contributed by atoms with Gasteiger partial charge in [0, 0.05) is 6.20 Å². The number of hydrogen-bond donors (Lipinski definition) is 2. The van der Waals surface area contributed by atoms with E-state index in [9.17, 15) is 13.2 Å². The van der Waals surface area contributed by atoms with E-state index < -0.39 is 10.0 Å². The second kappa shape index (κ2) is 6.02. The van der Waals surface area contributed by atoms with Crippen LogP contribution in [0.2, 0.25) is 0 Å². The fraction of sp³-hybridized carbons (Fsp3) is 0.250. The lowest BCUT2D eigenvalue weighted by Gasteiger charge is -2.14. The molecule has 0 saturated heterocycles. The molecule has 2 aromatic rings. The summed E-state index contributed by atoms with van der Waals surface area (Å²) in [6.45, 7) is 1.87. The van der Waals surface area contributed by atoms with Crippen LogP contribution in [0.4, 0.5) is 0 Å². The van der Waals surface area contributed by atoms with E-state index in [1.807, 2.05) is 0 Å².